The second-order valence-corrected chi connectivity index (χ2v) is 8.37. The Morgan fingerprint density at radius 3 is 2.32 bits per heavy atom. The first-order valence-electron chi connectivity index (χ1n) is 11.9. The van der Waals surface area contributed by atoms with Crippen LogP contribution in [-0.2, 0) is 20.7 Å². The first-order chi connectivity index (χ1) is 15.2. The van der Waals surface area contributed by atoms with Gasteiger partial charge in [-0.1, -0.05) is 67.9 Å². The maximum absolute atomic E-state index is 11.5. The molecular formula is C27H37NO3. The Hall–Kier alpha value is -2.17. The Morgan fingerprint density at radius 1 is 1.00 bits per heavy atom. The zero-order valence-electron chi connectivity index (χ0n) is 19.1. The highest BCUT2D eigenvalue weighted by Crippen LogP contribution is 2.30. The third-order valence-electron chi connectivity index (χ3n) is 5.95. The van der Waals surface area contributed by atoms with Crippen LogP contribution in [0.4, 0.5) is 0 Å². The van der Waals surface area contributed by atoms with E-state index in [9.17, 15) is 4.79 Å². The molecule has 1 aliphatic rings. The van der Waals surface area contributed by atoms with Crippen molar-refractivity contribution in [3.05, 3.63) is 71.3 Å². The van der Waals surface area contributed by atoms with Crippen LogP contribution in [0.5, 0.6) is 0 Å². The minimum atomic E-state index is -0.0867. The summed E-state index contributed by atoms with van der Waals surface area (Å²) in [5.74, 6) is -0.0867. The van der Waals surface area contributed by atoms with Crippen LogP contribution in [0.25, 0.3) is 0 Å². The molecule has 1 saturated heterocycles. The maximum Gasteiger partial charge on any atom is 0.305 e. The molecule has 0 aromatic heterocycles. The Bertz CT molecular complexity index is 767. The summed E-state index contributed by atoms with van der Waals surface area (Å²) in [5.41, 5.74) is 3.82. The molecule has 1 unspecified atom stereocenters. The minimum Gasteiger partial charge on any atom is -0.466 e. The molecule has 1 atom stereocenters. The number of likely N-dealkylation sites (tertiary alicyclic amines) is 1. The van der Waals surface area contributed by atoms with E-state index in [-0.39, 0.29) is 18.2 Å². The number of rotatable bonds is 11. The number of aryl methyl sites for hydroxylation is 1. The van der Waals surface area contributed by atoms with E-state index in [0.29, 0.717) is 13.0 Å². The number of ether oxygens (including phenoxy) is 2. The van der Waals surface area contributed by atoms with Crippen molar-refractivity contribution in [2.24, 2.45) is 0 Å². The third-order valence-corrected chi connectivity index (χ3v) is 5.95. The molecule has 2 aromatic rings. The fourth-order valence-electron chi connectivity index (χ4n) is 4.27. The van der Waals surface area contributed by atoms with Gasteiger partial charge in [0.1, 0.15) is 6.10 Å². The van der Waals surface area contributed by atoms with Gasteiger partial charge >= 0.3 is 5.97 Å². The van der Waals surface area contributed by atoms with Crippen molar-refractivity contribution in [1.29, 1.82) is 0 Å². The lowest BCUT2D eigenvalue weighted by Crippen LogP contribution is -2.38. The van der Waals surface area contributed by atoms with Crippen molar-refractivity contribution in [3.63, 3.8) is 0 Å². The smallest absolute Gasteiger partial charge is 0.305 e. The summed E-state index contributed by atoms with van der Waals surface area (Å²) in [6.45, 7) is 7.52. The average molecular weight is 424 g/mol. The number of hydrogen-bond donors (Lipinski definition) is 0. The van der Waals surface area contributed by atoms with E-state index in [1.807, 2.05) is 6.92 Å². The first-order valence-corrected chi connectivity index (χ1v) is 11.9. The van der Waals surface area contributed by atoms with E-state index in [1.54, 1.807) is 0 Å². The van der Waals surface area contributed by atoms with Crippen LogP contribution >= 0.6 is 0 Å². The number of carbonyl (C=O) groups is 1. The van der Waals surface area contributed by atoms with Crippen molar-refractivity contribution in [1.82, 2.24) is 4.90 Å². The monoisotopic (exact) mass is 423 g/mol. The normalized spacial score (nSPS) is 16.2. The van der Waals surface area contributed by atoms with Gasteiger partial charge in [-0.05, 0) is 55.8 Å². The van der Waals surface area contributed by atoms with E-state index < -0.39 is 0 Å². The summed E-state index contributed by atoms with van der Waals surface area (Å²) < 4.78 is 11.7. The molecule has 0 aliphatic carbocycles. The van der Waals surface area contributed by atoms with Gasteiger partial charge in [-0.3, -0.25) is 4.79 Å². The van der Waals surface area contributed by atoms with Gasteiger partial charge in [0, 0.05) is 19.5 Å². The van der Waals surface area contributed by atoms with Gasteiger partial charge in [-0.25, -0.2) is 0 Å². The zero-order chi connectivity index (χ0) is 21.9. The largest absolute Gasteiger partial charge is 0.466 e. The fraction of sp³-hybridized carbons (Fsp3) is 0.519. The lowest BCUT2D eigenvalue weighted by atomic mass is 9.98. The van der Waals surface area contributed by atoms with Gasteiger partial charge in [0.2, 0.25) is 0 Å². The van der Waals surface area contributed by atoms with Crippen LogP contribution in [0, 0.1) is 0 Å². The van der Waals surface area contributed by atoms with E-state index in [4.69, 9.17) is 9.47 Å². The molecule has 0 N–H and O–H groups in total. The molecule has 0 saturated carbocycles. The molecule has 3 rings (SSSR count). The molecule has 4 heteroatoms. The lowest BCUT2D eigenvalue weighted by Gasteiger charge is -2.34. The van der Waals surface area contributed by atoms with E-state index >= 15 is 0 Å². The Morgan fingerprint density at radius 2 is 1.68 bits per heavy atom. The van der Waals surface area contributed by atoms with Gasteiger partial charge in [0.05, 0.1) is 12.7 Å². The summed E-state index contributed by atoms with van der Waals surface area (Å²) in [6, 6.07) is 19.5. The van der Waals surface area contributed by atoms with Crippen molar-refractivity contribution in [3.8, 4) is 0 Å². The quantitative estimate of drug-likeness (QED) is 0.444. The highest BCUT2D eigenvalue weighted by atomic mass is 16.5. The molecule has 0 radical (unpaired) electrons. The first kappa shape index (κ1) is 23.5. The summed E-state index contributed by atoms with van der Waals surface area (Å²) in [7, 11) is 0. The predicted octanol–water partition coefficient (Wildman–Crippen LogP) is 5.55. The predicted molar refractivity (Wildman–Crippen MR) is 125 cm³/mol. The van der Waals surface area contributed by atoms with Crippen LogP contribution < -0.4 is 0 Å². The van der Waals surface area contributed by atoms with Gasteiger partial charge < -0.3 is 14.4 Å². The summed E-state index contributed by atoms with van der Waals surface area (Å²) in [5, 5.41) is 0. The highest BCUT2D eigenvalue weighted by Gasteiger charge is 2.24. The Kier molecular flexibility index (Phi) is 9.57. The van der Waals surface area contributed by atoms with Crippen molar-refractivity contribution >= 4 is 5.97 Å². The molecule has 1 heterocycles. The van der Waals surface area contributed by atoms with Crippen LogP contribution in [0.15, 0.2) is 54.6 Å². The Balaban J connectivity index is 1.55. The third kappa shape index (κ3) is 7.48. The van der Waals surface area contributed by atoms with Crippen molar-refractivity contribution in [2.75, 3.05) is 26.2 Å². The summed E-state index contributed by atoms with van der Waals surface area (Å²) in [4.78, 5) is 14.0. The van der Waals surface area contributed by atoms with Gasteiger partial charge in [-0.15, -0.1) is 0 Å². The van der Waals surface area contributed by atoms with Crippen LogP contribution in [-0.4, -0.2) is 43.2 Å². The number of piperidine rings is 1. The Labute approximate surface area is 187 Å². The summed E-state index contributed by atoms with van der Waals surface area (Å²) >= 11 is 0. The van der Waals surface area contributed by atoms with E-state index in [0.717, 1.165) is 51.7 Å². The fourth-order valence-corrected chi connectivity index (χ4v) is 4.27. The van der Waals surface area contributed by atoms with E-state index in [1.165, 1.54) is 16.7 Å². The molecule has 2 aromatic carbocycles. The molecule has 0 amide bonds. The number of benzene rings is 2. The summed E-state index contributed by atoms with van der Waals surface area (Å²) in [6.07, 6.45) is 5.92. The molecule has 1 aliphatic heterocycles. The van der Waals surface area contributed by atoms with E-state index in [2.05, 4.69) is 66.4 Å². The molecule has 168 valence electrons. The SMILES string of the molecule is CCCc1ccc(C(OC2CCN(CCCC(=O)OCC)CC2)c2ccccc2)cc1. The lowest BCUT2D eigenvalue weighted by molar-refractivity contribution is -0.143. The second-order valence-electron chi connectivity index (χ2n) is 8.37. The maximum atomic E-state index is 11.5. The molecule has 0 spiro atoms. The standard InChI is InChI=1S/C27H37NO3/c1-3-9-22-13-15-24(16-14-22)27(23-10-6-5-7-11-23)31-25-17-20-28(21-18-25)19-8-12-26(29)30-4-2/h5-7,10-11,13-16,25,27H,3-4,8-9,12,17-21H2,1-2H3. The zero-order valence-corrected chi connectivity index (χ0v) is 19.1. The number of carbonyl (C=O) groups excluding carboxylic acids is 1. The number of hydrogen-bond acceptors (Lipinski definition) is 4. The van der Waals surface area contributed by atoms with Gasteiger partial charge in [-0.2, -0.15) is 0 Å². The van der Waals surface area contributed by atoms with Gasteiger partial charge in [0.15, 0.2) is 0 Å². The highest BCUT2D eigenvalue weighted by molar-refractivity contribution is 5.69. The van der Waals surface area contributed by atoms with Crippen molar-refractivity contribution < 1.29 is 14.3 Å². The molecular weight excluding hydrogens is 386 g/mol. The molecule has 4 nitrogen and oxygen atoms in total. The number of esters is 1. The topological polar surface area (TPSA) is 38.8 Å². The molecule has 0 bridgehead atoms. The van der Waals surface area contributed by atoms with Crippen LogP contribution in [0.2, 0.25) is 0 Å². The van der Waals surface area contributed by atoms with Crippen molar-refractivity contribution in [2.45, 2.75) is 64.6 Å². The minimum absolute atomic E-state index is 0.0303. The second kappa shape index (κ2) is 12.6. The van der Waals surface area contributed by atoms with Crippen LogP contribution in [0.1, 0.15) is 68.7 Å². The van der Waals surface area contributed by atoms with Crippen LogP contribution in [0.3, 0.4) is 0 Å². The number of nitrogens with zero attached hydrogens (tertiary/aromatic N) is 1. The molecule has 1 fully saturated rings. The average Bonchev–Trinajstić information content (AvgIpc) is 2.80. The molecule has 31 heavy (non-hydrogen) atoms. The van der Waals surface area contributed by atoms with Gasteiger partial charge in [0.25, 0.3) is 0 Å².